The molecule has 2 rings (SSSR count). The summed E-state index contributed by atoms with van der Waals surface area (Å²) in [4.78, 5) is 2.57. The van der Waals surface area contributed by atoms with Gasteiger partial charge in [-0.1, -0.05) is 24.6 Å². The standard InChI is InChI=1S/C18H30N2/c1-6-19-12-16-8-7-9-20(5)18(16)17-14(3)10-13(2)11-15(17)4/h10-11,16,18-19H,6-9,12H2,1-5H3. The van der Waals surface area contributed by atoms with E-state index >= 15 is 0 Å². The molecule has 2 heteroatoms. The van der Waals surface area contributed by atoms with Gasteiger partial charge in [0.05, 0.1) is 0 Å². The van der Waals surface area contributed by atoms with Gasteiger partial charge in [-0.2, -0.15) is 0 Å². The van der Waals surface area contributed by atoms with Crippen LogP contribution < -0.4 is 5.32 Å². The predicted molar refractivity (Wildman–Crippen MR) is 87.3 cm³/mol. The molecule has 1 N–H and O–H groups in total. The Morgan fingerprint density at radius 1 is 1.20 bits per heavy atom. The van der Waals surface area contributed by atoms with E-state index in [-0.39, 0.29) is 0 Å². The Balaban J connectivity index is 2.35. The maximum absolute atomic E-state index is 3.56. The molecule has 1 aromatic rings. The summed E-state index contributed by atoms with van der Waals surface area (Å²) in [5.41, 5.74) is 5.87. The number of likely N-dealkylation sites (tertiary alicyclic amines) is 1. The molecule has 0 bridgehead atoms. The van der Waals surface area contributed by atoms with E-state index in [0.717, 1.165) is 19.0 Å². The molecule has 1 aliphatic rings. The minimum absolute atomic E-state index is 0.573. The Morgan fingerprint density at radius 3 is 2.45 bits per heavy atom. The summed E-state index contributed by atoms with van der Waals surface area (Å²) < 4.78 is 0. The van der Waals surface area contributed by atoms with Crippen molar-refractivity contribution in [1.29, 1.82) is 0 Å². The summed E-state index contributed by atoms with van der Waals surface area (Å²) >= 11 is 0. The zero-order valence-corrected chi connectivity index (χ0v) is 13.8. The quantitative estimate of drug-likeness (QED) is 0.902. The summed E-state index contributed by atoms with van der Waals surface area (Å²) in [6.45, 7) is 12.4. The smallest absolute Gasteiger partial charge is 0.0390 e. The van der Waals surface area contributed by atoms with Crippen LogP contribution in [-0.4, -0.2) is 31.6 Å². The highest BCUT2D eigenvalue weighted by molar-refractivity contribution is 5.40. The summed E-state index contributed by atoms with van der Waals surface area (Å²) in [6, 6.07) is 5.26. The van der Waals surface area contributed by atoms with Gasteiger partial charge in [-0.15, -0.1) is 0 Å². The average Bonchev–Trinajstić information content (AvgIpc) is 2.37. The highest BCUT2D eigenvalue weighted by Gasteiger charge is 2.32. The second-order valence-corrected chi connectivity index (χ2v) is 6.45. The van der Waals surface area contributed by atoms with Crippen LogP contribution in [0.25, 0.3) is 0 Å². The topological polar surface area (TPSA) is 15.3 Å². The second kappa shape index (κ2) is 6.73. The molecule has 1 fully saturated rings. The number of hydrogen-bond donors (Lipinski definition) is 1. The number of piperidine rings is 1. The van der Waals surface area contributed by atoms with Crippen molar-refractivity contribution in [3.63, 3.8) is 0 Å². The zero-order chi connectivity index (χ0) is 14.7. The molecule has 0 saturated carbocycles. The molecule has 0 spiro atoms. The first-order valence-electron chi connectivity index (χ1n) is 8.03. The van der Waals surface area contributed by atoms with Crippen LogP contribution in [0.1, 0.15) is 48.1 Å². The molecule has 1 aliphatic heterocycles. The minimum Gasteiger partial charge on any atom is -0.317 e. The third-order valence-corrected chi connectivity index (χ3v) is 4.70. The van der Waals surface area contributed by atoms with Gasteiger partial charge >= 0.3 is 0 Å². The lowest BCUT2D eigenvalue weighted by Crippen LogP contribution is -2.41. The molecular formula is C18H30N2. The number of rotatable bonds is 4. The van der Waals surface area contributed by atoms with Crippen molar-refractivity contribution in [1.82, 2.24) is 10.2 Å². The van der Waals surface area contributed by atoms with E-state index in [1.165, 1.54) is 36.1 Å². The fourth-order valence-electron chi connectivity index (χ4n) is 3.92. The highest BCUT2D eigenvalue weighted by Crippen LogP contribution is 2.38. The summed E-state index contributed by atoms with van der Waals surface area (Å²) in [5, 5.41) is 3.56. The largest absolute Gasteiger partial charge is 0.317 e. The molecule has 20 heavy (non-hydrogen) atoms. The Hall–Kier alpha value is -0.860. The molecular weight excluding hydrogens is 244 g/mol. The summed E-state index contributed by atoms with van der Waals surface area (Å²) in [5.74, 6) is 0.730. The zero-order valence-electron chi connectivity index (χ0n) is 13.8. The molecule has 0 radical (unpaired) electrons. The molecule has 0 aromatic heterocycles. The number of aryl methyl sites for hydroxylation is 3. The molecule has 112 valence electrons. The SMILES string of the molecule is CCNCC1CCCN(C)C1c1c(C)cc(C)cc1C. The highest BCUT2D eigenvalue weighted by atomic mass is 15.1. The van der Waals surface area contributed by atoms with Crippen molar-refractivity contribution in [2.45, 2.75) is 46.6 Å². The van der Waals surface area contributed by atoms with Crippen molar-refractivity contribution in [2.75, 3.05) is 26.7 Å². The van der Waals surface area contributed by atoms with E-state index in [1.54, 1.807) is 5.56 Å². The Labute approximate surface area is 124 Å². The second-order valence-electron chi connectivity index (χ2n) is 6.45. The van der Waals surface area contributed by atoms with E-state index in [9.17, 15) is 0 Å². The van der Waals surface area contributed by atoms with E-state index in [4.69, 9.17) is 0 Å². The Kier molecular flexibility index (Phi) is 5.22. The third-order valence-electron chi connectivity index (χ3n) is 4.70. The van der Waals surface area contributed by atoms with Crippen molar-refractivity contribution in [2.24, 2.45) is 5.92 Å². The third kappa shape index (κ3) is 3.24. The van der Waals surface area contributed by atoms with Gasteiger partial charge in [0.15, 0.2) is 0 Å². The van der Waals surface area contributed by atoms with Crippen molar-refractivity contribution < 1.29 is 0 Å². The van der Waals surface area contributed by atoms with E-state index in [2.05, 4.69) is 57.1 Å². The minimum atomic E-state index is 0.573. The molecule has 2 atom stereocenters. The lowest BCUT2D eigenvalue weighted by Gasteiger charge is -2.41. The van der Waals surface area contributed by atoms with Crippen LogP contribution in [0.4, 0.5) is 0 Å². The molecule has 1 heterocycles. The van der Waals surface area contributed by atoms with Crippen LogP contribution >= 0.6 is 0 Å². The van der Waals surface area contributed by atoms with E-state index in [0.29, 0.717) is 6.04 Å². The van der Waals surface area contributed by atoms with Gasteiger partial charge in [0.2, 0.25) is 0 Å². The van der Waals surface area contributed by atoms with Crippen LogP contribution in [0.2, 0.25) is 0 Å². The van der Waals surface area contributed by atoms with Crippen LogP contribution in [0.15, 0.2) is 12.1 Å². The van der Waals surface area contributed by atoms with Crippen LogP contribution in [0.3, 0.4) is 0 Å². The molecule has 0 aliphatic carbocycles. The normalized spacial score (nSPS) is 24.1. The fraction of sp³-hybridized carbons (Fsp3) is 0.667. The van der Waals surface area contributed by atoms with Gasteiger partial charge in [-0.3, -0.25) is 4.90 Å². The van der Waals surface area contributed by atoms with Crippen LogP contribution in [0, 0.1) is 26.7 Å². The van der Waals surface area contributed by atoms with Crippen LogP contribution in [-0.2, 0) is 0 Å². The number of hydrogen-bond acceptors (Lipinski definition) is 2. The first kappa shape index (κ1) is 15.5. The van der Waals surface area contributed by atoms with Gasteiger partial charge in [0, 0.05) is 6.04 Å². The van der Waals surface area contributed by atoms with Crippen molar-refractivity contribution in [3.05, 3.63) is 34.4 Å². The molecule has 1 saturated heterocycles. The molecule has 1 aromatic carbocycles. The van der Waals surface area contributed by atoms with E-state index < -0.39 is 0 Å². The molecule has 0 amide bonds. The van der Waals surface area contributed by atoms with Gasteiger partial charge in [-0.05, 0) is 82.9 Å². The van der Waals surface area contributed by atoms with Crippen molar-refractivity contribution in [3.8, 4) is 0 Å². The lowest BCUT2D eigenvalue weighted by molar-refractivity contribution is 0.119. The first-order valence-corrected chi connectivity index (χ1v) is 8.03. The Bertz CT molecular complexity index is 430. The predicted octanol–water partition coefficient (Wildman–Crippen LogP) is 3.60. The monoisotopic (exact) mass is 274 g/mol. The summed E-state index contributed by atoms with van der Waals surface area (Å²) in [7, 11) is 2.29. The van der Waals surface area contributed by atoms with Gasteiger partial charge < -0.3 is 5.32 Å². The van der Waals surface area contributed by atoms with Crippen LogP contribution in [0.5, 0.6) is 0 Å². The maximum atomic E-state index is 3.56. The summed E-state index contributed by atoms with van der Waals surface area (Å²) in [6.07, 6.45) is 2.67. The Morgan fingerprint density at radius 2 is 1.85 bits per heavy atom. The lowest BCUT2D eigenvalue weighted by atomic mass is 9.81. The van der Waals surface area contributed by atoms with Gasteiger partial charge in [-0.25, -0.2) is 0 Å². The van der Waals surface area contributed by atoms with Crippen molar-refractivity contribution >= 4 is 0 Å². The average molecular weight is 274 g/mol. The van der Waals surface area contributed by atoms with E-state index in [1.807, 2.05) is 0 Å². The molecule has 2 nitrogen and oxygen atoms in total. The maximum Gasteiger partial charge on any atom is 0.0390 e. The van der Waals surface area contributed by atoms with Gasteiger partial charge in [0.1, 0.15) is 0 Å². The molecule has 2 unspecified atom stereocenters. The van der Waals surface area contributed by atoms with Gasteiger partial charge in [0.25, 0.3) is 0 Å². The first-order chi connectivity index (χ1) is 9.54. The number of benzene rings is 1. The number of nitrogens with zero attached hydrogens (tertiary/aromatic N) is 1. The number of nitrogens with one attached hydrogen (secondary N) is 1. The fourth-order valence-corrected chi connectivity index (χ4v) is 3.92.